The van der Waals surface area contributed by atoms with E-state index in [4.69, 9.17) is 10.5 Å². The summed E-state index contributed by atoms with van der Waals surface area (Å²) in [6.07, 6.45) is 0. The first-order chi connectivity index (χ1) is 10.0. The van der Waals surface area contributed by atoms with Crippen LogP contribution < -0.4 is 15.4 Å². The zero-order valence-corrected chi connectivity index (χ0v) is 12.6. The van der Waals surface area contributed by atoms with E-state index in [0.29, 0.717) is 12.2 Å². The molecule has 0 amide bonds. The maximum absolute atomic E-state index is 14.2. The van der Waals surface area contributed by atoms with E-state index in [1.165, 1.54) is 6.07 Å². The molecule has 0 aromatic heterocycles. The molecule has 0 saturated heterocycles. The number of nitrogens with two attached hydrogens (primary N) is 1. The number of hydrogen-bond donors (Lipinski definition) is 1. The number of rotatable bonds is 5. The number of methoxy groups -OCH3 is 1. The quantitative estimate of drug-likeness (QED) is 0.915. The first-order valence-corrected chi connectivity index (χ1v) is 6.91. The minimum absolute atomic E-state index is 0.214. The van der Waals surface area contributed by atoms with Crippen LogP contribution in [0.5, 0.6) is 5.75 Å². The monoisotopic (exact) mass is 288 g/mol. The zero-order chi connectivity index (χ0) is 15.4. The van der Waals surface area contributed by atoms with Crippen molar-refractivity contribution in [1.29, 1.82) is 0 Å². The van der Waals surface area contributed by atoms with Gasteiger partial charge in [0, 0.05) is 19.6 Å². The van der Waals surface area contributed by atoms with Gasteiger partial charge >= 0.3 is 0 Å². The lowest BCUT2D eigenvalue weighted by Gasteiger charge is -2.24. The number of halogens is 1. The van der Waals surface area contributed by atoms with E-state index in [1.807, 2.05) is 49.2 Å². The van der Waals surface area contributed by atoms with Crippen molar-refractivity contribution in [3.63, 3.8) is 0 Å². The van der Waals surface area contributed by atoms with Gasteiger partial charge in [-0.25, -0.2) is 4.39 Å². The number of nitrogens with zero attached hydrogens (tertiary/aromatic N) is 1. The molecule has 0 radical (unpaired) electrons. The van der Waals surface area contributed by atoms with Crippen LogP contribution in [0, 0.1) is 5.82 Å². The summed E-state index contributed by atoms with van der Waals surface area (Å²) in [6, 6.07) is 12.6. The molecule has 0 aliphatic heterocycles. The van der Waals surface area contributed by atoms with E-state index < -0.39 is 0 Å². The highest BCUT2D eigenvalue weighted by Crippen LogP contribution is 2.28. The summed E-state index contributed by atoms with van der Waals surface area (Å²) in [7, 11) is 3.50. The number of ether oxygens (including phenoxy) is 1. The minimum Gasteiger partial charge on any atom is -0.497 e. The van der Waals surface area contributed by atoms with Crippen molar-refractivity contribution in [1.82, 2.24) is 0 Å². The van der Waals surface area contributed by atoms with Crippen LogP contribution >= 0.6 is 0 Å². The highest BCUT2D eigenvalue weighted by molar-refractivity contribution is 5.56. The van der Waals surface area contributed by atoms with E-state index in [1.54, 1.807) is 13.2 Å². The summed E-state index contributed by atoms with van der Waals surface area (Å²) in [5.74, 6) is 0.560. The topological polar surface area (TPSA) is 38.5 Å². The molecule has 3 nitrogen and oxygen atoms in total. The molecule has 0 bridgehead atoms. The van der Waals surface area contributed by atoms with Crippen LogP contribution in [0.1, 0.15) is 24.1 Å². The zero-order valence-electron chi connectivity index (χ0n) is 12.6. The van der Waals surface area contributed by atoms with E-state index in [0.717, 1.165) is 16.9 Å². The molecular formula is C17H21FN2O. The van der Waals surface area contributed by atoms with Crippen molar-refractivity contribution < 1.29 is 9.13 Å². The van der Waals surface area contributed by atoms with E-state index in [9.17, 15) is 4.39 Å². The molecule has 0 unspecified atom stereocenters. The Kier molecular flexibility index (Phi) is 4.81. The number of hydrogen-bond acceptors (Lipinski definition) is 3. The Labute approximate surface area is 125 Å². The molecule has 4 heteroatoms. The summed E-state index contributed by atoms with van der Waals surface area (Å²) in [4.78, 5) is 1.88. The van der Waals surface area contributed by atoms with Gasteiger partial charge in [-0.3, -0.25) is 0 Å². The first-order valence-electron chi connectivity index (χ1n) is 6.91. The largest absolute Gasteiger partial charge is 0.497 e. The Morgan fingerprint density at radius 3 is 2.43 bits per heavy atom. The second-order valence-electron chi connectivity index (χ2n) is 5.17. The average Bonchev–Trinajstić information content (AvgIpc) is 2.47. The summed E-state index contributed by atoms with van der Waals surface area (Å²) in [6.45, 7) is 2.46. The van der Waals surface area contributed by atoms with Gasteiger partial charge in [0.05, 0.1) is 12.8 Å². The first kappa shape index (κ1) is 15.3. The molecule has 2 aromatic rings. The second-order valence-corrected chi connectivity index (χ2v) is 5.17. The van der Waals surface area contributed by atoms with E-state index in [2.05, 4.69) is 0 Å². The fraction of sp³-hybridized carbons (Fsp3) is 0.294. The highest BCUT2D eigenvalue weighted by atomic mass is 19.1. The predicted molar refractivity (Wildman–Crippen MR) is 84.1 cm³/mol. The van der Waals surface area contributed by atoms with Crippen LogP contribution in [0.15, 0.2) is 42.5 Å². The number of benzene rings is 2. The maximum atomic E-state index is 14.2. The van der Waals surface area contributed by atoms with Gasteiger partial charge < -0.3 is 15.4 Å². The van der Waals surface area contributed by atoms with Crippen molar-refractivity contribution in [2.24, 2.45) is 5.73 Å². The van der Waals surface area contributed by atoms with Gasteiger partial charge in [0.15, 0.2) is 0 Å². The highest BCUT2D eigenvalue weighted by Gasteiger charge is 2.15. The Balaban J connectivity index is 2.25. The normalized spacial score (nSPS) is 12.0. The lowest BCUT2D eigenvalue weighted by Crippen LogP contribution is -2.21. The molecule has 0 saturated carbocycles. The van der Waals surface area contributed by atoms with Gasteiger partial charge in [-0.15, -0.1) is 0 Å². The molecule has 2 N–H and O–H groups in total. The molecule has 1 atom stereocenters. The van der Waals surface area contributed by atoms with Crippen LogP contribution in [0.3, 0.4) is 0 Å². The van der Waals surface area contributed by atoms with Crippen LogP contribution in [0.4, 0.5) is 10.1 Å². The standard InChI is InChI=1S/C17H21FN2O/c1-12(19)15-5-4-6-16(18)17(15)20(2)11-13-7-9-14(21-3)10-8-13/h4-10,12H,11,19H2,1-3H3/t12-/m0/s1. The fourth-order valence-electron chi connectivity index (χ4n) is 2.39. The van der Waals surface area contributed by atoms with Gasteiger partial charge in [-0.1, -0.05) is 24.3 Å². The number of anilines is 1. The van der Waals surface area contributed by atoms with E-state index in [-0.39, 0.29) is 11.9 Å². The van der Waals surface area contributed by atoms with Crippen LogP contribution in [-0.4, -0.2) is 14.2 Å². The van der Waals surface area contributed by atoms with Crippen molar-refractivity contribution in [3.05, 3.63) is 59.4 Å². The summed E-state index contributed by atoms with van der Waals surface area (Å²) in [5.41, 5.74) is 8.39. The third kappa shape index (κ3) is 3.52. The fourth-order valence-corrected chi connectivity index (χ4v) is 2.39. The van der Waals surface area contributed by atoms with Crippen molar-refractivity contribution in [3.8, 4) is 5.75 Å². The number of para-hydroxylation sites is 1. The summed E-state index contributed by atoms with van der Waals surface area (Å²) in [5, 5.41) is 0. The second kappa shape index (κ2) is 6.59. The SMILES string of the molecule is COc1ccc(CN(C)c2c(F)cccc2[C@H](C)N)cc1. The van der Waals surface area contributed by atoms with Gasteiger partial charge in [-0.05, 0) is 36.2 Å². The van der Waals surface area contributed by atoms with Crippen molar-refractivity contribution >= 4 is 5.69 Å². The van der Waals surface area contributed by atoms with Crippen LogP contribution in [0.2, 0.25) is 0 Å². The Morgan fingerprint density at radius 1 is 1.19 bits per heavy atom. The average molecular weight is 288 g/mol. The summed E-state index contributed by atoms with van der Waals surface area (Å²) >= 11 is 0. The molecular weight excluding hydrogens is 267 g/mol. The minimum atomic E-state index is -0.249. The molecule has 0 aliphatic rings. The van der Waals surface area contributed by atoms with E-state index >= 15 is 0 Å². The van der Waals surface area contributed by atoms with Crippen LogP contribution in [-0.2, 0) is 6.54 Å². The molecule has 0 aliphatic carbocycles. The van der Waals surface area contributed by atoms with Gasteiger partial charge in [-0.2, -0.15) is 0 Å². The van der Waals surface area contributed by atoms with Crippen molar-refractivity contribution in [2.45, 2.75) is 19.5 Å². The lowest BCUT2D eigenvalue weighted by atomic mass is 10.0. The van der Waals surface area contributed by atoms with Crippen LogP contribution in [0.25, 0.3) is 0 Å². The molecule has 21 heavy (non-hydrogen) atoms. The van der Waals surface area contributed by atoms with Crippen molar-refractivity contribution in [2.75, 3.05) is 19.1 Å². The third-order valence-corrected chi connectivity index (χ3v) is 3.47. The molecule has 2 rings (SSSR count). The van der Waals surface area contributed by atoms with Gasteiger partial charge in [0.2, 0.25) is 0 Å². The molecule has 2 aromatic carbocycles. The maximum Gasteiger partial charge on any atom is 0.146 e. The molecule has 112 valence electrons. The Bertz CT molecular complexity index is 596. The Hall–Kier alpha value is -2.07. The van der Waals surface area contributed by atoms with Gasteiger partial charge in [0.1, 0.15) is 11.6 Å². The predicted octanol–water partition coefficient (Wildman–Crippen LogP) is 3.49. The van der Waals surface area contributed by atoms with Gasteiger partial charge in [0.25, 0.3) is 0 Å². The molecule has 0 spiro atoms. The smallest absolute Gasteiger partial charge is 0.146 e. The Morgan fingerprint density at radius 2 is 1.86 bits per heavy atom. The molecule has 0 heterocycles. The lowest BCUT2D eigenvalue weighted by molar-refractivity contribution is 0.414. The molecule has 0 fully saturated rings. The summed E-state index contributed by atoms with van der Waals surface area (Å²) < 4.78 is 19.3. The third-order valence-electron chi connectivity index (χ3n) is 3.47.